The van der Waals surface area contributed by atoms with E-state index in [1.165, 1.54) is 42.6 Å². The van der Waals surface area contributed by atoms with Gasteiger partial charge in [0.1, 0.15) is 11.6 Å². The van der Waals surface area contributed by atoms with E-state index in [1.807, 2.05) is 0 Å². The van der Waals surface area contributed by atoms with Crippen LogP contribution in [0.2, 0.25) is 0 Å². The summed E-state index contributed by atoms with van der Waals surface area (Å²) in [4.78, 5) is 24.9. The van der Waals surface area contributed by atoms with Crippen molar-refractivity contribution in [1.82, 2.24) is 9.62 Å². The second-order valence-corrected chi connectivity index (χ2v) is 9.72. The van der Waals surface area contributed by atoms with Gasteiger partial charge < -0.3 is 14.8 Å². The van der Waals surface area contributed by atoms with Crippen LogP contribution in [0.25, 0.3) is 0 Å². The number of carbonyl (C=O) groups is 2. The lowest BCUT2D eigenvalue weighted by molar-refractivity contribution is -0.159. The molecule has 8 nitrogen and oxygen atoms in total. The normalized spacial score (nSPS) is 16.1. The molecule has 0 aromatic heterocycles. The van der Waals surface area contributed by atoms with E-state index in [0.29, 0.717) is 24.2 Å². The molecule has 1 unspecified atom stereocenters. The highest BCUT2D eigenvalue weighted by Gasteiger charge is 2.34. The lowest BCUT2D eigenvalue weighted by atomic mass is 9.98. The number of methoxy groups -OCH3 is 1. The summed E-state index contributed by atoms with van der Waals surface area (Å²) in [6.07, 6.45) is -0.394. The molecule has 0 saturated carbocycles. The topological polar surface area (TPSA) is 102 Å². The molecule has 0 bridgehead atoms. The lowest BCUT2D eigenvalue weighted by Crippen LogP contribution is -2.42. The van der Waals surface area contributed by atoms with E-state index in [-0.39, 0.29) is 30.3 Å². The minimum Gasteiger partial charge on any atom is -0.497 e. The van der Waals surface area contributed by atoms with Crippen molar-refractivity contribution in [2.24, 2.45) is 5.92 Å². The van der Waals surface area contributed by atoms with Gasteiger partial charge in [-0.25, -0.2) is 12.8 Å². The second-order valence-electron chi connectivity index (χ2n) is 7.78. The number of piperidine rings is 1. The Labute approximate surface area is 192 Å². The summed E-state index contributed by atoms with van der Waals surface area (Å²) in [6, 6.07) is 11.8. The fourth-order valence-corrected chi connectivity index (χ4v) is 4.96. The summed E-state index contributed by atoms with van der Waals surface area (Å²) in [6.45, 7) is 2.02. The Balaban J connectivity index is 1.48. The maximum absolute atomic E-state index is 13.0. The van der Waals surface area contributed by atoms with E-state index in [4.69, 9.17) is 9.47 Å². The van der Waals surface area contributed by atoms with Crippen molar-refractivity contribution in [3.8, 4) is 5.75 Å². The summed E-state index contributed by atoms with van der Waals surface area (Å²) >= 11 is 0. The molecule has 1 saturated heterocycles. The lowest BCUT2D eigenvalue weighted by Gasteiger charge is -2.30. The van der Waals surface area contributed by atoms with Crippen LogP contribution in [0.5, 0.6) is 5.75 Å². The first-order chi connectivity index (χ1) is 15.7. The molecule has 0 spiro atoms. The quantitative estimate of drug-likeness (QED) is 0.585. The first-order valence-electron chi connectivity index (χ1n) is 10.6. The average Bonchev–Trinajstić information content (AvgIpc) is 2.83. The smallest absolute Gasteiger partial charge is 0.309 e. The van der Waals surface area contributed by atoms with Crippen LogP contribution in [0.15, 0.2) is 53.4 Å². The molecule has 1 aliphatic rings. The first-order valence-corrected chi connectivity index (χ1v) is 12.0. The molecule has 178 valence electrons. The van der Waals surface area contributed by atoms with Crippen LogP contribution in [0.4, 0.5) is 4.39 Å². The predicted molar refractivity (Wildman–Crippen MR) is 118 cm³/mol. The predicted octanol–water partition coefficient (Wildman–Crippen LogP) is 2.48. The van der Waals surface area contributed by atoms with Crippen LogP contribution < -0.4 is 10.1 Å². The van der Waals surface area contributed by atoms with Crippen LogP contribution in [-0.2, 0) is 30.9 Å². The number of rotatable bonds is 8. The molecule has 1 fully saturated rings. The van der Waals surface area contributed by atoms with Gasteiger partial charge in [0, 0.05) is 19.6 Å². The number of hydrogen-bond acceptors (Lipinski definition) is 6. The molecule has 2 aromatic carbocycles. The SMILES string of the molecule is COc1ccc(S(=O)(=O)N2CCC(C(=O)OC(C)C(=O)NCc3ccc(F)cc3)CC2)cc1. The van der Waals surface area contributed by atoms with Crippen LogP contribution in [0.3, 0.4) is 0 Å². The minimum atomic E-state index is -3.67. The molecule has 0 radical (unpaired) electrons. The number of nitrogens with zero attached hydrogens (tertiary/aromatic N) is 1. The van der Waals surface area contributed by atoms with E-state index >= 15 is 0 Å². The molecule has 1 atom stereocenters. The fourth-order valence-electron chi connectivity index (χ4n) is 3.49. The third-order valence-corrected chi connectivity index (χ3v) is 7.44. The van der Waals surface area contributed by atoms with Gasteiger partial charge in [0.25, 0.3) is 5.91 Å². The Kier molecular flexibility index (Phi) is 8.04. The largest absolute Gasteiger partial charge is 0.497 e. The van der Waals surface area contributed by atoms with Gasteiger partial charge in [0.2, 0.25) is 10.0 Å². The van der Waals surface area contributed by atoms with Crippen molar-refractivity contribution in [2.45, 2.75) is 37.3 Å². The fraction of sp³-hybridized carbons (Fsp3) is 0.391. The summed E-state index contributed by atoms with van der Waals surface area (Å²) in [5, 5.41) is 2.64. The van der Waals surface area contributed by atoms with E-state index in [9.17, 15) is 22.4 Å². The van der Waals surface area contributed by atoms with Crippen LogP contribution >= 0.6 is 0 Å². The molecular weight excluding hydrogens is 451 g/mol. The number of sulfonamides is 1. The van der Waals surface area contributed by atoms with E-state index in [2.05, 4.69) is 5.32 Å². The third-order valence-electron chi connectivity index (χ3n) is 5.53. The highest BCUT2D eigenvalue weighted by molar-refractivity contribution is 7.89. The van der Waals surface area contributed by atoms with Crippen LogP contribution in [0.1, 0.15) is 25.3 Å². The summed E-state index contributed by atoms with van der Waals surface area (Å²) in [5.41, 5.74) is 0.716. The number of halogens is 1. The van der Waals surface area contributed by atoms with Gasteiger partial charge in [0.15, 0.2) is 6.10 Å². The second kappa shape index (κ2) is 10.8. The standard InChI is InChI=1S/C23H27FN2O6S/c1-16(22(27)25-15-17-3-5-19(24)6-4-17)32-23(28)18-11-13-26(14-12-18)33(29,30)21-9-7-20(31-2)8-10-21/h3-10,16,18H,11-15H2,1-2H3,(H,25,27). The summed E-state index contributed by atoms with van der Waals surface area (Å²) < 4.78 is 50.3. The molecular formula is C23H27FN2O6S. The van der Waals surface area contributed by atoms with Crippen molar-refractivity contribution in [3.05, 3.63) is 59.9 Å². The summed E-state index contributed by atoms with van der Waals surface area (Å²) in [7, 11) is -2.17. The Morgan fingerprint density at radius 3 is 2.27 bits per heavy atom. The zero-order valence-electron chi connectivity index (χ0n) is 18.5. The van der Waals surface area contributed by atoms with Gasteiger partial charge in [0.05, 0.1) is 17.9 Å². The number of hydrogen-bond donors (Lipinski definition) is 1. The maximum Gasteiger partial charge on any atom is 0.309 e. The van der Waals surface area contributed by atoms with Crippen molar-refractivity contribution in [3.63, 3.8) is 0 Å². The number of ether oxygens (including phenoxy) is 2. The van der Waals surface area contributed by atoms with E-state index in [1.54, 1.807) is 24.3 Å². The number of benzene rings is 2. The summed E-state index contributed by atoms with van der Waals surface area (Å²) in [5.74, 6) is -1.28. The molecule has 33 heavy (non-hydrogen) atoms. The zero-order chi connectivity index (χ0) is 24.0. The molecule has 3 rings (SSSR count). The third kappa shape index (κ3) is 6.29. The monoisotopic (exact) mass is 478 g/mol. The number of esters is 1. The molecule has 1 aliphatic heterocycles. The first kappa shape index (κ1) is 24.7. The van der Waals surface area contributed by atoms with E-state index in [0.717, 1.165) is 0 Å². The van der Waals surface area contributed by atoms with Crippen molar-refractivity contribution in [2.75, 3.05) is 20.2 Å². The number of carbonyl (C=O) groups excluding carboxylic acids is 2. The van der Waals surface area contributed by atoms with Gasteiger partial charge in [-0.05, 0) is 61.7 Å². The van der Waals surface area contributed by atoms with Crippen molar-refractivity contribution < 1.29 is 31.9 Å². The highest BCUT2D eigenvalue weighted by atomic mass is 32.2. The van der Waals surface area contributed by atoms with Crippen molar-refractivity contribution in [1.29, 1.82) is 0 Å². The highest BCUT2D eigenvalue weighted by Crippen LogP contribution is 2.26. The van der Waals surface area contributed by atoms with Gasteiger partial charge in [-0.2, -0.15) is 4.31 Å². The number of nitrogens with one attached hydrogen (secondary N) is 1. The molecule has 1 heterocycles. The van der Waals surface area contributed by atoms with Crippen molar-refractivity contribution >= 4 is 21.9 Å². The van der Waals surface area contributed by atoms with Crippen LogP contribution in [0, 0.1) is 11.7 Å². The van der Waals surface area contributed by atoms with Gasteiger partial charge in [-0.15, -0.1) is 0 Å². The Morgan fingerprint density at radius 1 is 1.09 bits per heavy atom. The molecule has 1 N–H and O–H groups in total. The van der Waals surface area contributed by atoms with Gasteiger partial charge in [-0.3, -0.25) is 9.59 Å². The minimum absolute atomic E-state index is 0.163. The molecule has 0 aliphatic carbocycles. The maximum atomic E-state index is 13.0. The molecule has 1 amide bonds. The molecule has 2 aromatic rings. The molecule has 10 heteroatoms. The number of amides is 1. The average molecular weight is 479 g/mol. The zero-order valence-corrected chi connectivity index (χ0v) is 19.3. The van der Waals surface area contributed by atoms with Gasteiger partial charge >= 0.3 is 5.97 Å². The van der Waals surface area contributed by atoms with Crippen LogP contribution in [-0.4, -0.2) is 50.9 Å². The van der Waals surface area contributed by atoms with E-state index < -0.39 is 33.9 Å². The Bertz CT molecular complexity index is 1070. The van der Waals surface area contributed by atoms with Gasteiger partial charge in [-0.1, -0.05) is 12.1 Å². The Hall–Kier alpha value is -2.98. The Morgan fingerprint density at radius 2 is 1.70 bits per heavy atom.